The van der Waals surface area contributed by atoms with Crippen LogP contribution in [0, 0.1) is 6.92 Å². The van der Waals surface area contributed by atoms with Gasteiger partial charge < -0.3 is 10.1 Å². The second-order valence-electron chi connectivity index (χ2n) is 6.52. The Hall–Kier alpha value is -2.00. The lowest BCUT2D eigenvalue weighted by Crippen LogP contribution is -2.16. The van der Waals surface area contributed by atoms with E-state index in [0.717, 1.165) is 35.8 Å². The molecule has 0 amide bonds. The van der Waals surface area contributed by atoms with Gasteiger partial charge in [0.2, 0.25) is 0 Å². The third-order valence-electron chi connectivity index (χ3n) is 4.49. The standard InChI is InChI=1S/C23H23Cl2NO/c1-17-4-2-3-5-20(17)16-27-22-10-6-18(7-11-22)15-26-13-12-19-8-9-21(24)14-23(19)25/h2-11,14,26H,12-13,15-16H2,1H3. The smallest absolute Gasteiger partial charge is 0.119 e. The second kappa shape index (κ2) is 9.80. The summed E-state index contributed by atoms with van der Waals surface area (Å²) in [7, 11) is 0. The van der Waals surface area contributed by atoms with Gasteiger partial charge in [0.25, 0.3) is 0 Å². The van der Waals surface area contributed by atoms with Crippen LogP contribution in [0.2, 0.25) is 10.0 Å². The number of aryl methyl sites for hydroxylation is 1. The Morgan fingerprint density at radius 2 is 1.67 bits per heavy atom. The minimum atomic E-state index is 0.589. The summed E-state index contributed by atoms with van der Waals surface area (Å²) in [6.07, 6.45) is 0.869. The van der Waals surface area contributed by atoms with E-state index in [1.54, 1.807) is 6.07 Å². The molecule has 0 radical (unpaired) electrons. The van der Waals surface area contributed by atoms with Crippen LogP contribution in [-0.2, 0) is 19.6 Å². The molecule has 0 aliphatic carbocycles. The molecule has 0 saturated carbocycles. The first-order chi connectivity index (χ1) is 13.1. The number of hydrogen-bond donors (Lipinski definition) is 1. The summed E-state index contributed by atoms with van der Waals surface area (Å²) in [5.74, 6) is 0.884. The quantitative estimate of drug-likeness (QED) is 0.454. The highest BCUT2D eigenvalue weighted by molar-refractivity contribution is 6.35. The van der Waals surface area contributed by atoms with Crippen LogP contribution in [0.3, 0.4) is 0 Å². The number of ether oxygens (including phenoxy) is 1. The van der Waals surface area contributed by atoms with E-state index in [2.05, 4.69) is 36.5 Å². The van der Waals surface area contributed by atoms with E-state index in [1.807, 2.05) is 36.4 Å². The maximum absolute atomic E-state index is 6.20. The Morgan fingerprint density at radius 1 is 0.889 bits per heavy atom. The second-order valence-corrected chi connectivity index (χ2v) is 7.37. The van der Waals surface area contributed by atoms with Crippen LogP contribution < -0.4 is 10.1 Å². The van der Waals surface area contributed by atoms with Crippen molar-refractivity contribution in [1.82, 2.24) is 5.32 Å². The van der Waals surface area contributed by atoms with E-state index < -0.39 is 0 Å². The van der Waals surface area contributed by atoms with Crippen LogP contribution in [0.5, 0.6) is 5.75 Å². The molecule has 3 aromatic carbocycles. The zero-order valence-electron chi connectivity index (χ0n) is 15.3. The molecular weight excluding hydrogens is 377 g/mol. The lowest BCUT2D eigenvalue weighted by Gasteiger charge is -2.10. The van der Waals surface area contributed by atoms with Crippen LogP contribution in [0.15, 0.2) is 66.7 Å². The van der Waals surface area contributed by atoms with Gasteiger partial charge in [0, 0.05) is 16.6 Å². The highest BCUT2D eigenvalue weighted by Gasteiger charge is 2.02. The predicted octanol–water partition coefficient (Wildman–Crippen LogP) is 6.21. The first-order valence-corrected chi connectivity index (χ1v) is 9.78. The molecule has 4 heteroatoms. The van der Waals surface area contributed by atoms with Crippen LogP contribution in [0.4, 0.5) is 0 Å². The topological polar surface area (TPSA) is 21.3 Å². The van der Waals surface area contributed by atoms with E-state index in [1.165, 1.54) is 16.7 Å². The van der Waals surface area contributed by atoms with Gasteiger partial charge in [0.15, 0.2) is 0 Å². The normalized spacial score (nSPS) is 10.8. The van der Waals surface area contributed by atoms with Gasteiger partial charge in [0.1, 0.15) is 12.4 Å². The van der Waals surface area contributed by atoms with Crippen molar-refractivity contribution in [3.05, 3.63) is 99.0 Å². The molecule has 2 nitrogen and oxygen atoms in total. The Bertz CT molecular complexity index is 878. The molecule has 140 valence electrons. The Kier molecular flexibility index (Phi) is 7.17. The summed E-state index contributed by atoms with van der Waals surface area (Å²) in [6, 6.07) is 22.1. The fourth-order valence-corrected chi connectivity index (χ4v) is 3.32. The van der Waals surface area contributed by atoms with Gasteiger partial charge in [-0.25, -0.2) is 0 Å². The van der Waals surface area contributed by atoms with Crippen LogP contribution >= 0.6 is 23.2 Å². The zero-order valence-corrected chi connectivity index (χ0v) is 16.9. The van der Waals surface area contributed by atoms with Crippen molar-refractivity contribution in [2.75, 3.05) is 6.54 Å². The number of hydrogen-bond acceptors (Lipinski definition) is 2. The van der Waals surface area contributed by atoms with Gasteiger partial charge in [0.05, 0.1) is 0 Å². The minimum absolute atomic E-state index is 0.589. The van der Waals surface area contributed by atoms with E-state index in [-0.39, 0.29) is 0 Å². The molecule has 0 atom stereocenters. The fraction of sp³-hybridized carbons (Fsp3) is 0.217. The predicted molar refractivity (Wildman–Crippen MR) is 114 cm³/mol. The first kappa shape index (κ1) is 19.8. The van der Waals surface area contributed by atoms with Crippen molar-refractivity contribution in [1.29, 1.82) is 0 Å². The van der Waals surface area contributed by atoms with Crippen LogP contribution in [-0.4, -0.2) is 6.54 Å². The van der Waals surface area contributed by atoms with E-state index in [4.69, 9.17) is 27.9 Å². The van der Waals surface area contributed by atoms with Gasteiger partial charge in [-0.3, -0.25) is 0 Å². The van der Waals surface area contributed by atoms with Gasteiger partial charge in [-0.2, -0.15) is 0 Å². The van der Waals surface area contributed by atoms with Crippen molar-refractivity contribution in [2.45, 2.75) is 26.5 Å². The summed E-state index contributed by atoms with van der Waals surface area (Å²) in [5, 5.41) is 4.83. The lowest BCUT2D eigenvalue weighted by molar-refractivity contribution is 0.305. The molecular formula is C23H23Cl2NO. The van der Waals surface area contributed by atoms with Crippen molar-refractivity contribution in [2.24, 2.45) is 0 Å². The molecule has 0 heterocycles. The summed E-state index contributed by atoms with van der Waals surface area (Å²) in [4.78, 5) is 0. The molecule has 0 fully saturated rings. The lowest BCUT2D eigenvalue weighted by atomic mass is 10.1. The Labute approximate surface area is 171 Å². The Balaban J connectivity index is 1.43. The molecule has 3 aromatic rings. The highest BCUT2D eigenvalue weighted by Crippen LogP contribution is 2.21. The summed E-state index contributed by atoms with van der Waals surface area (Å²) >= 11 is 12.1. The van der Waals surface area contributed by atoms with Crippen molar-refractivity contribution in [3.8, 4) is 5.75 Å². The average Bonchev–Trinajstić information content (AvgIpc) is 2.67. The fourth-order valence-electron chi connectivity index (χ4n) is 2.82. The third-order valence-corrected chi connectivity index (χ3v) is 5.08. The molecule has 0 bridgehead atoms. The van der Waals surface area contributed by atoms with Gasteiger partial charge in [-0.1, -0.05) is 65.7 Å². The highest BCUT2D eigenvalue weighted by atomic mass is 35.5. The van der Waals surface area contributed by atoms with Gasteiger partial charge in [-0.05, 0) is 66.4 Å². The monoisotopic (exact) mass is 399 g/mol. The summed E-state index contributed by atoms with van der Waals surface area (Å²) in [6.45, 7) is 4.35. The molecule has 1 N–H and O–H groups in total. The number of halogens is 2. The number of nitrogens with one attached hydrogen (secondary N) is 1. The van der Waals surface area contributed by atoms with E-state index in [0.29, 0.717) is 11.6 Å². The summed E-state index contributed by atoms with van der Waals surface area (Å²) < 4.78 is 5.89. The molecule has 0 unspecified atom stereocenters. The Morgan fingerprint density at radius 3 is 2.41 bits per heavy atom. The van der Waals surface area contributed by atoms with E-state index in [9.17, 15) is 0 Å². The maximum Gasteiger partial charge on any atom is 0.119 e. The van der Waals surface area contributed by atoms with Crippen molar-refractivity contribution in [3.63, 3.8) is 0 Å². The van der Waals surface area contributed by atoms with Gasteiger partial charge in [-0.15, -0.1) is 0 Å². The SMILES string of the molecule is Cc1ccccc1COc1ccc(CNCCc2ccc(Cl)cc2Cl)cc1. The molecule has 0 saturated heterocycles. The van der Waals surface area contributed by atoms with Crippen LogP contribution in [0.25, 0.3) is 0 Å². The molecule has 3 rings (SSSR count). The molecule has 0 spiro atoms. The van der Waals surface area contributed by atoms with Crippen LogP contribution in [0.1, 0.15) is 22.3 Å². The average molecular weight is 400 g/mol. The van der Waals surface area contributed by atoms with E-state index >= 15 is 0 Å². The molecule has 27 heavy (non-hydrogen) atoms. The zero-order chi connectivity index (χ0) is 19.1. The third kappa shape index (κ3) is 6.00. The molecule has 0 aliphatic heterocycles. The van der Waals surface area contributed by atoms with Crippen molar-refractivity contribution < 1.29 is 4.74 Å². The van der Waals surface area contributed by atoms with Crippen molar-refractivity contribution >= 4 is 23.2 Å². The summed E-state index contributed by atoms with van der Waals surface area (Å²) in [5.41, 5.74) is 4.79. The molecule has 0 aromatic heterocycles. The van der Waals surface area contributed by atoms with Gasteiger partial charge >= 0.3 is 0 Å². The first-order valence-electron chi connectivity index (χ1n) is 9.03. The number of benzene rings is 3. The number of rotatable bonds is 8. The minimum Gasteiger partial charge on any atom is -0.489 e. The maximum atomic E-state index is 6.20. The molecule has 0 aliphatic rings. The largest absolute Gasteiger partial charge is 0.489 e.